The Kier molecular flexibility index (Phi) is 2.89. The van der Waals surface area contributed by atoms with Crippen LogP contribution in [0.15, 0.2) is 18.2 Å². The minimum absolute atomic E-state index is 0.238. The summed E-state index contributed by atoms with van der Waals surface area (Å²) in [5.74, 6) is -0.238. The summed E-state index contributed by atoms with van der Waals surface area (Å²) in [5.41, 5.74) is 7.91. The Labute approximate surface area is 112 Å². The van der Waals surface area contributed by atoms with Crippen molar-refractivity contribution in [1.82, 2.24) is 0 Å². The van der Waals surface area contributed by atoms with Gasteiger partial charge in [0.25, 0.3) is 0 Å². The Morgan fingerprint density at radius 3 is 2.58 bits per heavy atom. The maximum absolute atomic E-state index is 11.8. The van der Waals surface area contributed by atoms with Gasteiger partial charge < -0.3 is 10.6 Å². The van der Waals surface area contributed by atoms with Gasteiger partial charge >= 0.3 is 6.03 Å². The molecule has 2 heterocycles. The van der Waals surface area contributed by atoms with E-state index < -0.39 is 6.03 Å². The SMILES string of the molecule is NC(=O)N1C(=O)Cc2cc(N3CCCCC3)ccc21. The van der Waals surface area contributed by atoms with Crippen LogP contribution in [0.2, 0.25) is 0 Å². The predicted octanol–water partition coefficient (Wildman–Crippen LogP) is 1.64. The molecule has 0 aliphatic carbocycles. The lowest BCUT2D eigenvalue weighted by molar-refractivity contribution is -0.116. The van der Waals surface area contributed by atoms with E-state index in [0.29, 0.717) is 5.69 Å². The lowest BCUT2D eigenvalue weighted by Gasteiger charge is -2.29. The van der Waals surface area contributed by atoms with Gasteiger partial charge in [0.2, 0.25) is 5.91 Å². The molecule has 1 aromatic rings. The number of nitrogens with zero attached hydrogens (tertiary/aromatic N) is 2. The molecule has 0 bridgehead atoms. The minimum atomic E-state index is -0.700. The highest BCUT2D eigenvalue weighted by Gasteiger charge is 2.31. The van der Waals surface area contributed by atoms with E-state index in [1.807, 2.05) is 18.2 Å². The van der Waals surface area contributed by atoms with Gasteiger partial charge in [-0.3, -0.25) is 4.79 Å². The average Bonchev–Trinajstić information content (AvgIpc) is 2.74. The van der Waals surface area contributed by atoms with Crippen molar-refractivity contribution in [3.63, 3.8) is 0 Å². The van der Waals surface area contributed by atoms with E-state index in [9.17, 15) is 9.59 Å². The van der Waals surface area contributed by atoms with Crippen LogP contribution in [-0.2, 0) is 11.2 Å². The summed E-state index contributed by atoms with van der Waals surface area (Å²) in [6.07, 6.45) is 3.97. The third-order valence-corrected chi connectivity index (χ3v) is 3.84. The van der Waals surface area contributed by atoms with E-state index in [-0.39, 0.29) is 12.3 Å². The van der Waals surface area contributed by atoms with Crippen molar-refractivity contribution in [3.8, 4) is 0 Å². The van der Waals surface area contributed by atoms with Crippen LogP contribution in [0.1, 0.15) is 24.8 Å². The van der Waals surface area contributed by atoms with Crippen molar-refractivity contribution in [2.45, 2.75) is 25.7 Å². The number of nitrogens with two attached hydrogens (primary N) is 1. The summed E-state index contributed by atoms with van der Waals surface area (Å²) in [7, 11) is 0. The highest BCUT2D eigenvalue weighted by atomic mass is 16.2. The molecule has 3 amide bonds. The van der Waals surface area contributed by atoms with Gasteiger partial charge in [-0.15, -0.1) is 0 Å². The summed E-state index contributed by atoms with van der Waals surface area (Å²) in [6.45, 7) is 2.12. The minimum Gasteiger partial charge on any atom is -0.372 e. The van der Waals surface area contributed by atoms with Crippen molar-refractivity contribution >= 4 is 23.3 Å². The molecule has 5 heteroatoms. The Hall–Kier alpha value is -2.04. The zero-order chi connectivity index (χ0) is 13.4. The largest absolute Gasteiger partial charge is 0.372 e. The lowest BCUT2D eigenvalue weighted by atomic mass is 10.1. The number of amides is 3. The molecule has 3 rings (SSSR count). The quantitative estimate of drug-likeness (QED) is 0.833. The summed E-state index contributed by atoms with van der Waals surface area (Å²) < 4.78 is 0. The molecule has 2 aliphatic heterocycles. The molecule has 1 fully saturated rings. The third kappa shape index (κ3) is 2.05. The molecule has 0 saturated carbocycles. The highest BCUT2D eigenvalue weighted by Crippen LogP contribution is 2.33. The fourth-order valence-electron chi connectivity index (χ4n) is 2.90. The number of carbonyl (C=O) groups excluding carboxylic acids is 2. The van der Waals surface area contributed by atoms with E-state index >= 15 is 0 Å². The zero-order valence-electron chi connectivity index (χ0n) is 10.8. The molecule has 0 radical (unpaired) electrons. The van der Waals surface area contributed by atoms with Gasteiger partial charge in [-0.05, 0) is 43.0 Å². The second kappa shape index (κ2) is 4.57. The molecule has 0 aromatic heterocycles. The first-order valence-electron chi connectivity index (χ1n) is 6.67. The number of piperidine rings is 1. The molecule has 2 aliphatic rings. The number of anilines is 2. The summed E-state index contributed by atoms with van der Waals surface area (Å²) in [4.78, 5) is 26.4. The Balaban J connectivity index is 1.91. The highest BCUT2D eigenvalue weighted by molar-refractivity contribution is 6.18. The summed E-state index contributed by atoms with van der Waals surface area (Å²) in [5, 5.41) is 0. The number of imide groups is 1. The molecule has 2 N–H and O–H groups in total. The van der Waals surface area contributed by atoms with Gasteiger partial charge in [-0.2, -0.15) is 0 Å². The first kappa shape index (κ1) is 12.0. The summed E-state index contributed by atoms with van der Waals surface area (Å²) in [6, 6.07) is 5.12. The molecular formula is C14H17N3O2. The van der Waals surface area contributed by atoms with Crippen molar-refractivity contribution in [1.29, 1.82) is 0 Å². The molecule has 0 spiro atoms. The van der Waals surface area contributed by atoms with Crippen LogP contribution >= 0.6 is 0 Å². The van der Waals surface area contributed by atoms with Crippen LogP contribution in [0.5, 0.6) is 0 Å². The second-order valence-corrected chi connectivity index (χ2v) is 5.10. The van der Waals surface area contributed by atoms with Crippen LogP contribution in [0.4, 0.5) is 16.2 Å². The lowest BCUT2D eigenvalue weighted by Crippen LogP contribution is -2.38. The monoisotopic (exact) mass is 259 g/mol. The van der Waals surface area contributed by atoms with E-state index in [2.05, 4.69) is 4.90 Å². The number of hydrogen-bond donors (Lipinski definition) is 1. The summed E-state index contributed by atoms with van der Waals surface area (Å²) >= 11 is 0. The average molecular weight is 259 g/mol. The Morgan fingerprint density at radius 2 is 1.89 bits per heavy atom. The van der Waals surface area contributed by atoms with Crippen LogP contribution in [-0.4, -0.2) is 25.0 Å². The zero-order valence-corrected chi connectivity index (χ0v) is 10.8. The third-order valence-electron chi connectivity index (χ3n) is 3.84. The first-order valence-corrected chi connectivity index (χ1v) is 6.67. The van der Waals surface area contributed by atoms with Gasteiger partial charge in [-0.1, -0.05) is 0 Å². The number of hydrogen-bond acceptors (Lipinski definition) is 3. The van der Waals surface area contributed by atoms with Gasteiger partial charge in [-0.25, -0.2) is 9.69 Å². The van der Waals surface area contributed by atoms with E-state index in [1.54, 1.807) is 0 Å². The first-order chi connectivity index (χ1) is 9.16. The van der Waals surface area contributed by atoms with Crippen LogP contribution < -0.4 is 15.5 Å². The van der Waals surface area contributed by atoms with Gasteiger partial charge in [0.15, 0.2) is 0 Å². The van der Waals surface area contributed by atoms with E-state index in [4.69, 9.17) is 5.73 Å². The Morgan fingerprint density at radius 1 is 1.16 bits per heavy atom. The van der Waals surface area contributed by atoms with Crippen LogP contribution in [0.3, 0.4) is 0 Å². The van der Waals surface area contributed by atoms with Gasteiger partial charge in [0, 0.05) is 18.8 Å². The molecule has 0 atom stereocenters. The number of fused-ring (bicyclic) bond motifs is 1. The number of urea groups is 1. The topological polar surface area (TPSA) is 66.6 Å². The predicted molar refractivity (Wildman–Crippen MR) is 73.3 cm³/mol. The number of primary amides is 1. The fourth-order valence-corrected chi connectivity index (χ4v) is 2.90. The fraction of sp³-hybridized carbons (Fsp3) is 0.429. The maximum Gasteiger partial charge on any atom is 0.326 e. The molecule has 19 heavy (non-hydrogen) atoms. The van der Waals surface area contributed by atoms with E-state index in [1.165, 1.54) is 19.3 Å². The molecule has 1 saturated heterocycles. The van der Waals surface area contributed by atoms with Crippen LogP contribution in [0, 0.1) is 0 Å². The van der Waals surface area contributed by atoms with Gasteiger partial charge in [0.1, 0.15) is 0 Å². The van der Waals surface area contributed by atoms with Crippen molar-refractivity contribution in [2.24, 2.45) is 5.73 Å². The standard InChI is InChI=1S/C14H17N3O2/c15-14(19)17-12-5-4-11(8-10(12)9-13(17)18)16-6-2-1-3-7-16/h4-5,8H,1-3,6-7,9H2,(H2,15,19). The number of carbonyl (C=O) groups is 2. The molecule has 0 unspecified atom stereocenters. The normalized spacial score (nSPS) is 18.6. The molecular weight excluding hydrogens is 242 g/mol. The van der Waals surface area contributed by atoms with Crippen molar-refractivity contribution in [2.75, 3.05) is 22.9 Å². The Bertz CT molecular complexity index is 535. The van der Waals surface area contributed by atoms with E-state index in [0.717, 1.165) is 29.2 Å². The van der Waals surface area contributed by atoms with Gasteiger partial charge in [0.05, 0.1) is 12.1 Å². The molecule has 5 nitrogen and oxygen atoms in total. The number of benzene rings is 1. The smallest absolute Gasteiger partial charge is 0.326 e. The van der Waals surface area contributed by atoms with Crippen LogP contribution in [0.25, 0.3) is 0 Å². The maximum atomic E-state index is 11.8. The van der Waals surface area contributed by atoms with Crippen molar-refractivity contribution in [3.05, 3.63) is 23.8 Å². The molecule has 1 aromatic carbocycles. The van der Waals surface area contributed by atoms with Crippen molar-refractivity contribution < 1.29 is 9.59 Å². The number of rotatable bonds is 1. The molecule has 100 valence electrons. The second-order valence-electron chi connectivity index (χ2n) is 5.10.